The Labute approximate surface area is 112 Å². The first-order valence-electron chi connectivity index (χ1n) is 6.62. The number of pyridine rings is 1. The van der Waals surface area contributed by atoms with E-state index in [1.165, 1.54) is 0 Å². The number of carboxylic acids is 1. The van der Waals surface area contributed by atoms with Crippen LogP contribution in [0.3, 0.4) is 0 Å². The van der Waals surface area contributed by atoms with Crippen molar-refractivity contribution in [2.45, 2.75) is 39.7 Å². The van der Waals surface area contributed by atoms with Gasteiger partial charge in [0.2, 0.25) is 0 Å². The van der Waals surface area contributed by atoms with E-state index in [2.05, 4.69) is 21.5 Å². The number of aryl methyl sites for hydroxylation is 1. The number of fused-ring (bicyclic) bond motifs is 1. The van der Waals surface area contributed by atoms with E-state index in [1.54, 1.807) is 12.4 Å². The molecule has 1 atom stereocenters. The normalized spacial score (nSPS) is 12.7. The third-order valence-electron chi connectivity index (χ3n) is 3.13. The fourth-order valence-electron chi connectivity index (χ4n) is 2.34. The Kier molecular flexibility index (Phi) is 4.14. The van der Waals surface area contributed by atoms with Gasteiger partial charge in [-0.3, -0.25) is 9.78 Å². The van der Waals surface area contributed by atoms with E-state index in [9.17, 15) is 4.79 Å². The lowest BCUT2D eigenvalue weighted by atomic mass is 10.0. The average Bonchev–Trinajstić information content (AvgIpc) is 2.67. The van der Waals surface area contributed by atoms with Crippen LogP contribution in [0.1, 0.15) is 32.5 Å². The first kappa shape index (κ1) is 13.5. The van der Waals surface area contributed by atoms with Crippen LogP contribution in [-0.2, 0) is 17.8 Å². The molecule has 1 N–H and O–H groups in total. The molecule has 0 amide bonds. The Morgan fingerprint density at radius 1 is 1.53 bits per heavy atom. The van der Waals surface area contributed by atoms with Crippen molar-refractivity contribution in [3.05, 3.63) is 24.3 Å². The maximum atomic E-state index is 10.7. The van der Waals surface area contributed by atoms with Gasteiger partial charge in [0.25, 0.3) is 0 Å². The number of aromatic nitrogens is 3. The smallest absolute Gasteiger partial charge is 0.303 e. The molecule has 5 heteroatoms. The van der Waals surface area contributed by atoms with Gasteiger partial charge < -0.3 is 9.67 Å². The molecule has 0 saturated carbocycles. The maximum Gasteiger partial charge on any atom is 0.303 e. The highest BCUT2D eigenvalue weighted by Gasteiger charge is 2.15. The molecule has 0 aliphatic rings. The minimum Gasteiger partial charge on any atom is -0.481 e. The summed E-state index contributed by atoms with van der Waals surface area (Å²) in [4.78, 5) is 19.4. The number of hydrogen-bond donors (Lipinski definition) is 1. The molecule has 102 valence electrons. The molecular weight excluding hydrogens is 242 g/mol. The molecule has 2 rings (SSSR count). The summed E-state index contributed by atoms with van der Waals surface area (Å²) in [6.07, 6.45) is 5.40. The molecule has 0 saturated heterocycles. The number of nitrogens with zero attached hydrogens (tertiary/aromatic N) is 3. The Hall–Kier alpha value is -1.91. The van der Waals surface area contributed by atoms with Crippen molar-refractivity contribution < 1.29 is 9.90 Å². The number of rotatable bonds is 6. The number of imidazole rings is 1. The van der Waals surface area contributed by atoms with Crippen molar-refractivity contribution in [3.63, 3.8) is 0 Å². The zero-order valence-corrected chi connectivity index (χ0v) is 11.3. The van der Waals surface area contributed by atoms with Crippen LogP contribution in [0.25, 0.3) is 11.0 Å². The lowest BCUT2D eigenvalue weighted by Crippen LogP contribution is -2.11. The van der Waals surface area contributed by atoms with E-state index in [4.69, 9.17) is 5.11 Å². The molecule has 0 fully saturated rings. The maximum absolute atomic E-state index is 10.7. The number of hydrogen-bond acceptors (Lipinski definition) is 3. The summed E-state index contributed by atoms with van der Waals surface area (Å²) in [7, 11) is 0. The molecule has 0 aliphatic carbocycles. The largest absolute Gasteiger partial charge is 0.481 e. The van der Waals surface area contributed by atoms with Crippen LogP contribution >= 0.6 is 0 Å². The Morgan fingerprint density at radius 3 is 3.00 bits per heavy atom. The number of carbonyl (C=O) groups is 1. The van der Waals surface area contributed by atoms with E-state index in [-0.39, 0.29) is 12.3 Å². The van der Waals surface area contributed by atoms with Gasteiger partial charge in [-0.25, -0.2) is 4.98 Å². The van der Waals surface area contributed by atoms with Crippen molar-refractivity contribution in [3.8, 4) is 0 Å². The highest BCUT2D eigenvalue weighted by molar-refractivity contribution is 5.74. The van der Waals surface area contributed by atoms with E-state index in [0.717, 1.165) is 29.8 Å². The monoisotopic (exact) mass is 261 g/mol. The average molecular weight is 261 g/mol. The molecule has 2 aromatic rings. The van der Waals surface area contributed by atoms with Crippen molar-refractivity contribution in [2.24, 2.45) is 5.92 Å². The molecule has 1 unspecified atom stereocenters. The predicted molar refractivity (Wildman–Crippen MR) is 72.9 cm³/mol. The van der Waals surface area contributed by atoms with Crippen LogP contribution in [-0.4, -0.2) is 25.6 Å². The summed E-state index contributed by atoms with van der Waals surface area (Å²) >= 11 is 0. The van der Waals surface area contributed by atoms with Gasteiger partial charge in [0.15, 0.2) is 0 Å². The van der Waals surface area contributed by atoms with Crippen molar-refractivity contribution in [1.29, 1.82) is 0 Å². The molecule has 0 spiro atoms. The molecule has 19 heavy (non-hydrogen) atoms. The summed E-state index contributed by atoms with van der Waals surface area (Å²) in [5, 5.41) is 8.84. The van der Waals surface area contributed by atoms with E-state index >= 15 is 0 Å². The van der Waals surface area contributed by atoms with Gasteiger partial charge in [0, 0.05) is 25.6 Å². The zero-order valence-electron chi connectivity index (χ0n) is 11.3. The second-order valence-electron chi connectivity index (χ2n) is 4.95. The minimum absolute atomic E-state index is 0.0814. The van der Waals surface area contributed by atoms with Crippen molar-refractivity contribution >= 4 is 17.0 Å². The Balaban J connectivity index is 2.30. The molecule has 2 aromatic heterocycles. The molecule has 2 heterocycles. The third-order valence-corrected chi connectivity index (χ3v) is 3.13. The first-order valence-corrected chi connectivity index (χ1v) is 6.62. The van der Waals surface area contributed by atoms with Gasteiger partial charge in [-0.2, -0.15) is 0 Å². The summed E-state index contributed by atoms with van der Waals surface area (Å²) in [5.74, 6) is 0.281. The van der Waals surface area contributed by atoms with Crippen LogP contribution in [0.15, 0.2) is 18.5 Å². The van der Waals surface area contributed by atoms with Crippen LogP contribution < -0.4 is 0 Å². The van der Waals surface area contributed by atoms with Gasteiger partial charge >= 0.3 is 5.97 Å². The molecule has 0 radical (unpaired) electrons. The predicted octanol–water partition coefficient (Wildman–Crippen LogP) is 2.49. The lowest BCUT2D eigenvalue weighted by Gasteiger charge is -2.11. The number of carboxylic acid groups (broad SMARTS) is 1. The molecule has 0 aliphatic heterocycles. The van der Waals surface area contributed by atoms with Gasteiger partial charge in [0.1, 0.15) is 11.3 Å². The minimum atomic E-state index is -0.757. The van der Waals surface area contributed by atoms with Gasteiger partial charge in [0.05, 0.1) is 11.7 Å². The standard InChI is InChI=1S/C14H19N3O2/c1-3-6-17-12-4-5-15-9-11(12)16-13(17)7-10(2)8-14(18)19/h4-5,9-10H,3,6-8H2,1-2H3,(H,18,19). The second kappa shape index (κ2) is 5.82. The highest BCUT2D eigenvalue weighted by atomic mass is 16.4. The van der Waals surface area contributed by atoms with Crippen LogP contribution in [0.4, 0.5) is 0 Å². The Bertz CT molecular complexity index is 577. The molecule has 0 bridgehead atoms. The van der Waals surface area contributed by atoms with E-state index in [1.807, 2.05) is 13.0 Å². The quantitative estimate of drug-likeness (QED) is 0.867. The SMILES string of the molecule is CCCn1c(CC(C)CC(=O)O)nc2cnccc21. The topological polar surface area (TPSA) is 68.0 Å². The molecular formula is C14H19N3O2. The van der Waals surface area contributed by atoms with Gasteiger partial charge in [-0.15, -0.1) is 0 Å². The zero-order chi connectivity index (χ0) is 13.8. The highest BCUT2D eigenvalue weighted by Crippen LogP contribution is 2.19. The van der Waals surface area contributed by atoms with Crippen LogP contribution in [0.2, 0.25) is 0 Å². The summed E-state index contributed by atoms with van der Waals surface area (Å²) in [6.45, 7) is 4.97. The van der Waals surface area contributed by atoms with E-state index in [0.29, 0.717) is 6.42 Å². The molecule has 0 aromatic carbocycles. The van der Waals surface area contributed by atoms with Gasteiger partial charge in [-0.05, 0) is 18.4 Å². The lowest BCUT2D eigenvalue weighted by molar-refractivity contribution is -0.137. The van der Waals surface area contributed by atoms with Gasteiger partial charge in [-0.1, -0.05) is 13.8 Å². The van der Waals surface area contributed by atoms with Crippen molar-refractivity contribution in [1.82, 2.24) is 14.5 Å². The second-order valence-corrected chi connectivity index (χ2v) is 4.95. The Morgan fingerprint density at radius 2 is 2.32 bits per heavy atom. The number of aliphatic carboxylic acids is 1. The fraction of sp³-hybridized carbons (Fsp3) is 0.500. The molecule has 5 nitrogen and oxygen atoms in total. The third kappa shape index (κ3) is 3.10. The first-order chi connectivity index (χ1) is 9.11. The summed E-state index contributed by atoms with van der Waals surface area (Å²) in [5.41, 5.74) is 1.96. The van der Waals surface area contributed by atoms with Crippen molar-refractivity contribution in [2.75, 3.05) is 0 Å². The fourth-order valence-corrected chi connectivity index (χ4v) is 2.34. The summed E-state index contributed by atoms with van der Waals surface area (Å²) in [6, 6.07) is 1.96. The summed E-state index contributed by atoms with van der Waals surface area (Å²) < 4.78 is 2.18. The van der Waals surface area contributed by atoms with E-state index < -0.39 is 5.97 Å². The van der Waals surface area contributed by atoms with Crippen LogP contribution in [0.5, 0.6) is 0 Å². The van der Waals surface area contributed by atoms with Crippen LogP contribution in [0, 0.1) is 5.92 Å².